The molecule has 3 rings (SSSR count). The summed E-state index contributed by atoms with van der Waals surface area (Å²) in [6.07, 6.45) is 0. The van der Waals surface area contributed by atoms with Crippen molar-refractivity contribution in [1.29, 1.82) is 0 Å². The van der Waals surface area contributed by atoms with Crippen molar-refractivity contribution in [3.63, 3.8) is 0 Å². The Balaban J connectivity index is 1.84. The van der Waals surface area contributed by atoms with E-state index < -0.39 is 0 Å². The monoisotopic (exact) mass is 310 g/mol. The van der Waals surface area contributed by atoms with Gasteiger partial charge in [-0.1, -0.05) is 22.8 Å². The van der Waals surface area contributed by atoms with E-state index in [-0.39, 0.29) is 5.56 Å². The van der Waals surface area contributed by atoms with Gasteiger partial charge in [0, 0.05) is 17.8 Å². The van der Waals surface area contributed by atoms with Crippen molar-refractivity contribution in [2.24, 2.45) is 0 Å². The van der Waals surface area contributed by atoms with E-state index in [4.69, 9.17) is 0 Å². The highest BCUT2D eigenvalue weighted by atomic mass is 16.1. The molecule has 0 bridgehead atoms. The molecule has 0 aliphatic heterocycles. The van der Waals surface area contributed by atoms with E-state index in [1.807, 2.05) is 51.1 Å². The lowest BCUT2D eigenvalue weighted by Gasteiger charge is -2.09. The second kappa shape index (κ2) is 6.04. The average Bonchev–Trinajstić information content (AvgIpc) is 2.95. The van der Waals surface area contributed by atoms with Crippen LogP contribution in [-0.4, -0.2) is 25.2 Å². The Morgan fingerprint density at radius 3 is 2.61 bits per heavy atom. The van der Waals surface area contributed by atoms with Gasteiger partial charge in [-0.15, -0.1) is 0 Å². The maximum Gasteiger partial charge on any atom is 0.253 e. The standard InChI is InChI=1S/C16H18N6O/c1-10-4-6-13(7-5-10)22-16(19-20-21-22)17-9-14-11(2)8-12(3)18-15(14)23/h4-8H,9H2,1-3H3,(H,18,23)(H,17,19,21). The number of pyridine rings is 1. The fourth-order valence-corrected chi connectivity index (χ4v) is 2.43. The fraction of sp³-hybridized carbons (Fsp3) is 0.250. The molecule has 7 heteroatoms. The Kier molecular flexibility index (Phi) is 3.92. The highest BCUT2D eigenvalue weighted by molar-refractivity contribution is 5.40. The molecule has 118 valence electrons. The number of nitrogens with one attached hydrogen (secondary N) is 2. The average molecular weight is 310 g/mol. The van der Waals surface area contributed by atoms with Crippen molar-refractivity contribution in [2.45, 2.75) is 27.3 Å². The number of nitrogens with zero attached hydrogens (tertiary/aromatic N) is 4. The molecule has 2 heterocycles. The molecule has 0 saturated heterocycles. The molecule has 7 nitrogen and oxygen atoms in total. The molecule has 0 spiro atoms. The van der Waals surface area contributed by atoms with Crippen LogP contribution in [0.25, 0.3) is 5.69 Å². The molecule has 1 aromatic carbocycles. The van der Waals surface area contributed by atoms with Crippen molar-refractivity contribution in [2.75, 3.05) is 5.32 Å². The smallest absolute Gasteiger partial charge is 0.253 e. The number of aromatic nitrogens is 5. The van der Waals surface area contributed by atoms with Gasteiger partial charge in [-0.05, 0) is 55.0 Å². The largest absolute Gasteiger partial charge is 0.348 e. The lowest BCUT2D eigenvalue weighted by molar-refractivity contribution is 0.788. The van der Waals surface area contributed by atoms with Gasteiger partial charge in [0.1, 0.15) is 0 Å². The van der Waals surface area contributed by atoms with Crippen molar-refractivity contribution >= 4 is 5.95 Å². The van der Waals surface area contributed by atoms with Crippen LogP contribution in [0.2, 0.25) is 0 Å². The Morgan fingerprint density at radius 1 is 1.17 bits per heavy atom. The lowest BCUT2D eigenvalue weighted by Crippen LogP contribution is -2.19. The predicted molar refractivity (Wildman–Crippen MR) is 87.8 cm³/mol. The molecule has 0 unspecified atom stereocenters. The summed E-state index contributed by atoms with van der Waals surface area (Å²) in [5, 5.41) is 14.8. The summed E-state index contributed by atoms with van der Waals surface area (Å²) in [4.78, 5) is 14.9. The second-order valence-electron chi connectivity index (χ2n) is 5.55. The summed E-state index contributed by atoms with van der Waals surface area (Å²) < 4.78 is 1.61. The van der Waals surface area contributed by atoms with Crippen LogP contribution >= 0.6 is 0 Å². The third kappa shape index (κ3) is 3.13. The molecule has 0 amide bonds. The quantitative estimate of drug-likeness (QED) is 0.768. The van der Waals surface area contributed by atoms with Gasteiger partial charge in [-0.25, -0.2) is 0 Å². The predicted octanol–water partition coefficient (Wildman–Crippen LogP) is 1.89. The van der Waals surface area contributed by atoms with Gasteiger partial charge in [-0.3, -0.25) is 4.79 Å². The molecule has 0 aliphatic rings. The Hall–Kier alpha value is -2.96. The minimum Gasteiger partial charge on any atom is -0.348 e. The van der Waals surface area contributed by atoms with Gasteiger partial charge in [0.2, 0.25) is 5.95 Å². The van der Waals surface area contributed by atoms with Crippen LogP contribution in [0, 0.1) is 20.8 Å². The number of benzene rings is 1. The summed E-state index contributed by atoms with van der Waals surface area (Å²) in [6, 6.07) is 9.83. The summed E-state index contributed by atoms with van der Waals surface area (Å²) in [6.45, 7) is 6.16. The first-order chi connectivity index (χ1) is 11.0. The van der Waals surface area contributed by atoms with Gasteiger partial charge < -0.3 is 10.3 Å². The lowest BCUT2D eigenvalue weighted by atomic mass is 10.1. The second-order valence-corrected chi connectivity index (χ2v) is 5.55. The van der Waals surface area contributed by atoms with E-state index in [1.165, 1.54) is 0 Å². The number of aryl methyl sites for hydroxylation is 3. The van der Waals surface area contributed by atoms with Crippen LogP contribution < -0.4 is 10.9 Å². The van der Waals surface area contributed by atoms with Crippen LogP contribution in [0.5, 0.6) is 0 Å². The third-order valence-electron chi connectivity index (χ3n) is 3.67. The summed E-state index contributed by atoms with van der Waals surface area (Å²) in [7, 11) is 0. The minimum absolute atomic E-state index is 0.0932. The van der Waals surface area contributed by atoms with Gasteiger partial charge in [-0.2, -0.15) is 4.68 Å². The van der Waals surface area contributed by atoms with E-state index >= 15 is 0 Å². The van der Waals surface area contributed by atoms with E-state index in [9.17, 15) is 4.79 Å². The summed E-state index contributed by atoms with van der Waals surface area (Å²) >= 11 is 0. The fourth-order valence-electron chi connectivity index (χ4n) is 2.43. The number of aromatic amines is 1. The van der Waals surface area contributed by atoms with E-state index in [2.05, 4.69) is 25.8 Å². The molecule has 0 aliphatic carbocycles. The van der Waals surface area contributed by atoms with Gasteiger partial charge >= 0.3 is 0 Å². The molecule has 2 aromatic heterocycles. The number of tetrazole rings is 1. The van der Waals surface area contributed by atoms with Gasteiger partial charge in [0.05, 0.1) is 5.69 Å². The van der Waals surface area contributed by atoms with Crippen molar-refractivity contribution < 1.29 is 0 Å². The van der Waals surface area contributed by atoms with E-state index in [1.54, 1.807) is 4.68 Å². The van der Waals surface area contributed by atoms with Crippen molar-refractivity contribution in [3.05, 3.63) is 63.1 Å². The molecule has 3 aromatic rings. The SMILES string of the molecule is Cc1ccc(-n2nnnc2NCc2c(C)cc(C)[nH]c2=O)cc1. The maximum absolute atomic E-state index is 12.1. The van der Waals surface area contributed by atoms with Gasteiger partial charge in [0.15, 0.2) is 0 Å². The summed E-state index contributed by atoms with van der Waals surface area (Å²) in [5.74, 6) is 0.494. The number of anilines is 1. The molecule has 2 N–H and O–H groups in total. The molecule has 0 radical (unpaired) electrons. The molecule has 0 fully saturated rings. The van der Waals surface area contributed by atoms with Crippen LogP contribution in [0.1, 0.15) is 22.4 Å². The highest BCUT2D eigenvalue weighted by Crippen LogP contribution is 2.13. The first-order valence-electron chi connectivity index (χ1n) is 7.33. The molecule has 0 saturated carbocycles. The van der Waals surface area contributed by atoms with Crippen molar-refractivity contribution in [1.82, 2.24) is 25.2 Å². The third-order valence-corrected chi connectivity index (χ3v) is 3.67. The van der Waals surface area contributed by atoms with E-state index in [0.717, 1.165) is 22.5 Å². The number of hydrogen-bond donors (Lipinski definition) is 2. The molecular formula is C16H18N6O. The maximum atomic E-state index is 12.1. The Morgan fingerprint density at radius 2 is 1.91 bits per heavy atom. The highest BCUT2D eigenvalue weighted by Gasteiger charge is 2.10. The first kappa shape index (κ1) is 15.0. The minimum atomic E-state index is -0.0932. The topological polar surface area (TPSA) is 88.5 Å². The number of rotatable bonds is 4. The van der Waals surface area contributed by atoms with E-state index in [0.29, 0.717) is 18.1 Å². The van der Waals surface area contributed by atoms with Crippen LogP contribution in [0.15, 0.2) is 35.1 Å². The zero-order valence-electron chi connectivity index (χ0n) is 13.3. The van der Waals surface area contributed by atoms with Crippen LogP contribution in [0.4, 0.5) is 5.95 Å². The van der Waals surface area contributed by atoms with Crippen LogP contribution in [-0.2, 0) is 6.54 Å². The number of H-pyrrole nitrogens is 1. The molecule has 23 heavy (non-hydrogen) atoms. The number of hydrogen-bond acceptors (Lipinski definition) is 5. The van der Waals surface area contributed by atoms with Crippen molar-refractivity contribution in [3.8, 4) is 5.69 Å². The normalized spacial score (nSPS) is 10.7. The Labute approximate surface area is 133 Å². The zero-order chi connectivity index (χ0) is 16.4. The van der Waals surface area contributed by atoms with Gasteiger partial charge in [0.25, 0.3) is 5.56 Å². The van der Waals surface area contributed by atoms with Crippen LogP contribution in [0.3, 0.4) is 0 Å². The summed E-state index contributed by atoms with van der Waals surface area (Å²) in [5.41, 5.74) is 4.39. The first-order valence-corrected chi connectivity index (χ1v) is 7.33. The molecular weight excluding hydrogens is 292 g/mol. The Bertz CT molecular complexity index is 878. The zero-order valence-corrected chi connectivity index (χ0v) is 13.3. The molecule has 0 atom stereocenters.